The van der Waals surface area contributed by atoms with Gasteiger partial charge in [-0.05, 0) is 59.8 Å². The summed E-state index contributed by atoms with van der Waals surface area (Å²) in [5.74, 6) is 1.47. The molecule has 1 aromatic heterocycles. The number of aromatic nitrogens is 2. The van der Waals surface area contributed by atoms with Crippen molar-refractivity contribution in [2.45, 2.75) is 25.7 Å². The lowest BCUT2D eigenvalue weighted by Crippen LogP contribution is -2.08. The van der Waals surface area contributed by atoms with Gasteiger partial charge in [-0.3, -0.25) is 0 Å². The van der Waals surface area contributed by atoms with Crippen LogP contribution in [0.15, 0.2) is 22.7 Å². The van der Waals surface area contributed by atoms with Crippen molar-refractivity contribution < 1.29 is 4.74 Å². The maximum absolute atomic E-state index is 6.31. The second-order valence-corrected chi connectivity index (χ2v) is 6.03. The Balaban J connectivity index is 2.06. The molecule has 1 aliphatic carbocycles. The first-order chi connectivity index (χ1) is 9.69. The van der Waals surface area contributed by atoms with E-state index in [1.54, 1.807) is 7.11 Å². The fraction of sp³-hybridized carbons (Fsp3) is 0.333. The third kappa shape index (κ3) is 2.54. The molecule has 0 spiro atoms. The molecule has 0 bridgehead atoms. The van der Waals surface area contributed by atoms with Gasteiger partial charge in [0.1, 0.15) is 10.9 Å². The van der Waals surface area contributed by atoms with Crippen molar-refractivity contribution in [3.63, 3.8) is 0 Å². The van der Waals surface area contributed by atoms with Gasteiger partial charge >= 0.3 is 0 Å². The molecule has 0 unspecified atom stereocenters. The zero-order valence-electron chi connectivity index (χ0n) is 11.1. The molecule has 1 heterocycles. The highest BCUT2D eigenvalue weighted by atomic mass is 79.9. The quantitative estimate of drug-likeness (QED) is 0.748. The number of aryl methyl sites for hydroxylation is 1. The summed E-state index contributed by atoms with van der Waals surface area (Å²) < 4.78 is 6.12. The van der Waals surface area contributed by atoms with E-state index in [1.807, 2.05) is 18.2 Å². The standard InChI is InChI=1S/C15H14BrClN2O/c1-20-13-7-6-9(8-11(13)16)15-18-12-5-3-2-4-10(12)14(17)19-15/h6-8H,2-5H2,1H3. The van der Waals surface area contributed by atoms with E-state index in [1.165, 1.54) is 12.8 Å². The smallest absolute Gasteiger partial charge is 0.161 e. The van der Waals surface area contributed by atoms with Crippen LogP contribution in [0.3, 0.4) is 0 Å². The molecule has 0 N–H and O–H groups in total. The van der Waals surface area contributed by atoms with Gasteiger partial charge < -0.3 is 4.74 Å². The Bertz CT molecular complexity index is 661. The van der Waals surface area contributed by atoms with Crippen LogP contribution in [-0.4, -0.2) is 17.1 Å². The Hall–Kier alpha value is -1.13. The average molecular weight is 354 g/mol. The third-order valence-electron chi connectivity index (χ3n) is 3.54. The van der Waals surface area contributed by atoms with Crippen molar-refractivity contribution in [1.82, 2.24) is 9.97 Å². The molecule has 20 heavy (non-hydrogen) atoms. The van der Waals surface area contributed by atoms with Gasteiger partial charge in [0.15, 0.2) is 5.82 Å². The first-order valence-electron chi connectivity index (χ1n) is 6.58. The number of hydrogen-bond acceptors (Lipinski definition) is 3. The van der Waals surface area contributed by atoms with Gasteiger partial charge in [0.05, 0.1) is 11.6 Å². The summed E-state index contributed by atoms with van der Waals surface area (Å²) in [5, 5.41) is 0.594. The molecule has 0 atom stereocenters. The molecule has 0 radical (unpaired) electrons. The highest BCUT2D eigenvalue weighted by molar-refractivity contribution is 9.10. The predicted octanol–water partition coefficient (Wildman–Crippen LogP) is 4.45. The van der Waals surface area contributed by atoms with E-state index < -0.39 is 0 Å². The summed E-state index contributed by atoms with van der Waals surface area (Å²) in [6.45, 7) is 0. The number of halogens is 2. The molecule has 0 saturated heterocycles. The van der Waals surface area contributed by atoms with E-state index in [4.69, 9.17) is 16.3 Å². The SMILES string of the molecule is COc1ccc(-c2nc(Cl)c3c(n2)CCCC3)cc1Br. The maximum atomic E-state index is 6.31. The molecule has 5 heteroatoms. The largest absolute Gasteiger partial charge is 0.496 e. The summed E-state index contributed by atoms with van der Waals surface area (Å²) >= 11 is 9.79. The molecule has 1 aliphatic rings. The van der Waals surface area contributed by atoms with Crippen molar-refractivity contribution in [2.24, 2.45) is 0 Å². The minimum absolute atomic E-state index is 0.594. The fourth-order valence-corrected chi connectivity index (χ4v) is 3.31. The molecular weight excluding hydrogens is 340 g/mol. The lowest BCUT2D eigenvalue weighted by atomic mass is 9.97. The minimum Gasteiger partial charge on any atom is -0.496 e. The molecule has 104 valence electrons. The van der Waals surface area contributed by atoms with Crippen LogP contribution in [0.5, 0.6) is 5.75 Å². The van der Waals surface area contributed by atoms with Crippen LogP contribution < -0.4 is 4.74 Å². The molecule has 0 aliphatic heterocycles. The van der Waals surface area contributed by atoms with Gasteiger partial charge in [-0.15, -0.1) is 0 Å². The fourth-order valence-electron chi connectivity index (χ4n) is 2.48. The van der Waals surface area contributed by atoms with Crippen LogP contribution in [0.4, 0.5) is 0 Å². The number of methoxy groups -OCH3 is 1. The summed E-state index contributed by atoms with van der Waals surface area (Å²) in [6.07, 6.45) is 4.32. The lowest BCUT2D eigenvalue weighted by Gasteiger charge is -2.16. The Morgan fingerprint density at radius 1 is 1.20 bits per heavy atom. The van der Waals surface area contributed by atoms with Crippen molar-refractivity contribution in [3.05, 3.63) is 39.1 Å². The van der Waals surface area contributed by atoms with Gasteiger partial charge in [0, 0.05) is 16.8 Å². The van der Waals surface area contributed by atoms with Gasteiger partial charge in [-0.2, -0.15) is 0 Å². The van der Waals surface area contributed by atoms with Crippen molar-refractivity contribution in [3.8, 4) is 17.1 Å². The van der Waals surface area contributed by atoms with E-state index in [-0.39, 0.29) is 0 Å². The number of ether oxygens (including phenoxy) is 1. The molecule has 2 aromatic rings. The Kier molecular flexibility index (Phi) is 3.94. The van der Waals surface area contributed by atoms with E-state index in [0.717, 1.165) is 39.9 Å². The van der Waals surface area contributed by atoms with Gasteiger partial charge in [-0.1, -0.05) is 11.6 Å². The van der Waals surface area contributed by atoms with Crippen molar-refractivity contribution in [1.29, 1.82) is 0 Å². The highest BCUT2D eigenvalue weighted by Gasteiger charge is 2.17. The second-order valence-electron chi connectivity index (χ2n) is 4.82. The number of hydrogen-bond donors (Lipinski definition) is 0. The maximum Gasteiger partial charge on any atom is 0.161 e. The molecule has 0 saturated carbocycles. The minimum atomic E-state index is 0.594. The van der Waals surface area contributed by atoms with E-state index in [9.17, 15) is 0 Å². The molecule has 0 amide bonds. The normalized spacial score (nSPS) is 13.9. The van der Waals surface area contributed by atoms with Gasteiger partial charge in [0.25, 0.3) is 0 Å². The average Bonchev–Trinajstić information content (AvgIpc) is 2.47. The first-order valence-corrected chi connectivity index (χ1v) is 7.75. The highest BCUT2D eigenvalue weighted by Crippen LogP contribution is 2.32. The number of benzene rings is 1. The van der Waals surface area contributed by atoms with Gasteiger partial charge in [0.2, 0.25) is 0 Å². The second kappa shape index (κ2) is 5.70. The van der Waals surface area contributed by atoms with E-state index in [0.29, 0.717) is 11.0 Å². The topological polar surface area (TPSA) is 35.0 Å². The van der Waals surface area contributed by atoms with Crippen LogP contribution in [0.25, 0.3) is 11.4 Å². The summed E-state index contributed by atoms with van der Waals surface area (Å²) in [5.41, 5.74) is 3.15. The Morgan fingerprint density at radius 3 is 2.75 bits per heavy atom. The van der Waals surface area contributed by atoms with Crippen molar-refractivity contribution in [2.75, 3.05) is 7.11 Å². The summed E-state index contributed by atoms with van der Waals surface area (Å²) in [7, 11) is 1.64. The molecule has 0 fully saturated rings. The molecule has 3 rings (SSSR count). The summed E-state index contributed by atoms with van der Waals surface area (Å²) in [4.78, 5) is 9.13. The lowest BCUT2D eigenvalue weighted by molar-refractivity contribution is 0.412. The molecular formula is C15H14BrClN2O. The Labute approximate surface area is 131 Å². The van der Waals surface area contributed by atoms with Gasteiger partial charge in [-0.25, -0.2) is 9.97 Å². The van der Waals surface area contributed by atoms with Crippen molar-refractivity contribution >= 4 is 27.5 Å². The molecule has 3 nitrogen and oxygen atoms in total. The van der Waals surface area contributed by atoms with Crippen LogP contribution in [0, 0.1) is 0 Å². The van der Waals surface area contributed by atoms with E-state index in [2.05, 4.69) is 25.9 Å². The number of rotatable bonds is 2. The Morgan fingerprint density at radius 2 is 2.00 bits per heavy atom. The molecule has 1 aromatic carbocycles. The zero-order valence-corrected chi connectivity index (χ0v) is 13.5. The van der Waals surface area contributed by atoms with Crippen LogP contribution in [-0.2, 0) is 12.8 Å². The van der Waals surface area contributed by atoms with Crippen LogP contribution in [0.1, 0.15) is 24.1 Å². The van der Waals surface area contributed by atoms with Crippen LogP contribution in [0.2, 0.25) is 5.15 Å². The third-order valence-corrected chi connectivity index (χ3v) is 4.47. The number of fused-ring (bicyclic) bond motifs is 1. The summed E-state index contributed by atoms with van der Waals surface area (Å²) in [6, 6.07) is 5.81. The zero-order chi connectivity index (χ0) is 14.1. The first kappa shape index (κ1) is 13.8. The number of nitrogens with zero attached hydrogens (tertiary/aromatic N) is 2. The van der Waals surface area contributed by atoms with Crippen LogP contribution >= 0.6 is 27.5 Å². The monoisotopic (exact) mass is 352 g/mol. The van der Waals surface area contributed by atoms with E-state index >= 15 is 0 Å². The predicted molar refractivity (Wildman–Crippen MR) is 83.4 cm³/mol.